The zero-order chi connectivity index (χ0) is 10.8. The minimum absolute atomic E-state index is 0.333. The van der Waals surface area contributed by atoms with Crippen molar-refractivity contribution in [3.63, 3.8) is 0 Å². The first-order valence-electron chi connectivity index (χ1n) is 4.32. The largest absolute Gasteiger partial charge is 0.618 e. The molecule has 0 saturated carbocycles. The number of hydrogen-bond donors (Lipinski definition) is 0. The Labute approximate surface area is 91.1 Å². The molecule has 0 aliphatic carbocycles. The third kappa shape index (κ3) is 1.92. The molecule has 2 rings (SSSR count). The van der Waals surface area contributed by atoms with E-state index in [-0.39, 0.29) is 5.82 Å². The summed E-state index contributed by atoms with van der Waals surface area (Å²) < 4.78 is 13.3. The van der Waals surface area contributed by atoms with Gasteiger partial charge < -0.3 is 5.21 Å². The topological polar surface area (TPSA) is 26.9 Å². The summed E-state index contributed by atoms with van der Waals surface area (Å²) >= 11 is 5.89. The third-order valence-corrected chi connectivity index (χ3v) is 2.33. The van der Waals surface area contributed by atoms with Gasteiger partial charge in [-0.1, -0.05) is 11.6 Å². The van der Waals surface area contributed by atoms with Gasteiger partial charge in [0.25, 0.3) is 0 Å². The number of pyridine rings is 1. The van der Waals surface area contributed by atoms with Crippen molar-refractivity contribution < 1.29 is 9.12 Å². The molecule has 0 spiro atoms. The monoisotopic (exact) mass is 223 g/mol. The van der Waals surface area contributed by atoms with Gasteiger partial charge in [0, 0.05) is 11.6 Å². The number of benzene rings is 1. The fourth-order valence-corrected chi connectivity index (χ4v) is 1.60. The second-order valence-electron chi connectivity index (χ2n) is 3.04. The molecule has 2 aromatic rings. The van der Waals surface area contributed by atoms with E-state index >= 15 is 0 Å². The highest BCUT2D eigenvalue weighted by atomic mass is 35.5. The molecule has 0 radical (unpaired) electrons. The van der Waals surface area contributed by atoms with Crippen molar-refractivity contribution in [2.75, 3.05) is 0 Å². The predicted octanol–water partition coefficient (Wildman–Crippen LogP) is 2.78. The summed E-state index contributed by atoms with van der Waals surface area (Å²) in [6.07, 6.45) is 1.35. The first kappa shape index (κ1) is 9.93. The van der Waals surface area contributed by atoms with Crippen LogP contribution in [0.5, 0.6) is 0 Å². The Morgan fingerprint density at radius 1 is 1.13 bits per heavy atom. The molecule has 1 aromatic carbocycles. The van der Waals surface area contributed by atoms with Gasteiger partial charge in [0.15, 0.2) is 6.20 Å². The summed E-state index contributed by atoms with van der Waals surface area (Å²) in [6, 6.07) is 8.80. The molecule has 4 heteroatoms. The highest BCUT2D eigenvalue weighted by Crippen LogP contribution is 2.23. The first-order chi connectivity index (χ1) is 7.18. The van der Waals surface area contributed by atoms with Crippen LogP contribution in [0.15, 0.2) is 42.6 Å². The lowest BCUT2D eigenvalue weighted by Crippen LogP contribution is -2.28. The van der Waals surface area contributed by atoms with E-state index in [1.54, 1.807) is 12.1 Å². The standard InChI is InChI=1S/C11H7ClFNO/c12-10-2-1-7-14(15)11(10)8-3-5-9(13)6-4-8/h1-7H. The molecular formula is C11H7ClFNO. The lowest BCUT2D eigenvalue weighted by molar-refractivity contribution is -0.593. The maximum atomic E-state index is 12.7. The molecule has 1 heterocycles. The van der Waals surface area contributed by atoms with Crippen molar-refractivity contribution >= 4 is 11.6 Å². The van der Waals surface area contributed by atoms with Crippen LogP contribution in [-0.2, 0) is 0 Å². The van der Waals surface area contributed by atoms with Crippen LogP contribution < -0.4 is 4.73 Å². The highest BCUT2D eigenvalue weighted by molar-refractivity contribution is 6.32. The number of nitrogens with zero attached hydrogens (tertiary/aromatic N) is 1. The van der Waals surface area contributed by atoms with Crippen LogP contribution in [-0.4, -0.2) is 0 Å². The molecule has 2 nitrogen and oxygen atoms in total. The minimum Gasteiger partial charge on any atom is -0.618 e. The Balaban J connectivity index is 2.58. The molecule has 1 aromatic heterocycles. The van der Waals surface area contributed by atoms with E-state index in [4.69, 9.17) is 11.6 Å². The van der Waals surface area contributed by atoms with E-state index < -0.39 is 0 Å². The van der Waals surface area contributed by atoms with E-state index in [1.807, 2.05) is 0 Å². The number of aromatic nitrogens is 1. The van der Waals surface area contributed by atoms with Gasteiger partial charge in [-0.05, 0) is 30.3 Å². The van der Waals surface area contributed by atoms with E-state index in [0.29, 0.717) is 21.0 Å². The van der Waals surface area contributed by atoms with Crippen LogP contribution in [0.25, 0.3) is 11.3 Å². The molecule has 0 unspecified atom stereocenters. The van der Waals surface area contributed by atoms with Crippen LogP contribution in [0.1, 0.15) is 0 Å². The van der Waals surface area contributed by atoms with Crippen LogP contribution in [0.2, 0.25) is 5.02 Å². The van der Waals surface area contributed by atoms with Gasteiger partial charge in [0.2, 0.25) is 5.69 Å². The fraction of sp³-hybridized carbons (Fsp3) is 0. The van der Waals surface area contributed by atoms with Crippen molar-refractivity contribution in [2.24, 2.45) is 0 Å². The Kier molecular flexibility index (Phi) is 2.56. The Bertz CT molecular complexity index is 464. The fourth-order valence-electron chi connectivity index (χ4n) is 1.34. The average Bonchev–Trinajstić information content (AvgIpc) is 2.20. The van der Waals surface area contributed by atoms with Gasteiger partial charge in [0.1, 0.15) is 10.8 Å². The van der Waals surface area contributed by atoms with Crippen molar-refractivity contribution in [2.45, 2.75) is 0 Å². The summed E-state index contributed by atoms with van der Waals surface area (Å²) in [5.74, 6) is -0.344. The van der Waals surface area contributed by atoms with Crippen molar-refractivity contribution in [1.29, 1.82) is 0 Å². The zero-order valence-electron chi connectivity index (χ0n) is 7.65. The summed E-state index contributed by atoms with van der Waals surface area (Å²) in [4.78, 5) is 0. The maximum Gasteiger partial charge on any atom is 0.242 e. The Hall–Kier alpha value is -1.61. The molecule has 0 N–H and O–H groups in total. The summed E-state index contributed by atoms with van der Waals surface area (Å²) in [5, 5.41) is 11.8. The number of hydrogen-bond acceptors (Lipinski definition) is 1. The second kappa shape index (κ2) is 3.87. The molecule has 0 amide bonds. The lowest BCUT2D eigenvalue weighted by atomic mass is 10.1. The third-order valence-electron chi connectivity index (χ3n) is 2.03. The summed E-state index contributed by atoms with van der Waals surface area (Å²) in [5.41, 5.74) is 0.927. The molecule has 0 aliphatic heterocycles. The maximum absolute atomic E-state index is 12.7. The van der Waals surface area contributed by atoms with Crippen molar-refractivity contribution in [1.82, 2.24) is 0 Å². The molecule has 0 fully saturated rings. The smallest absolute Gasteiger partial charge is 0.242 e. The second-order valence-corrected chi connectivity index (χ2v) is 3.44. The lowest BCUT2D eigenvalue weighted by Gasteiger charge is -2.05. The summed E-state index contributed by atoms with van der Waals surface area (Å²) in [6.45, 7) is 0. The van der Waals surface area contributed by atoms with Gasteiger partial charge in [-0.2, -0.15) is 4.73 Å². The molecular weight excluding hydrogens is 217 g/mol. The quantitative estimate of drug-likeness (QED) is 0.540. The molecule has 76 valence electrons. The average molecular weight is 224 g/mol. The van der Waals surface area contributed by atoms with Gasteiger partial charge in [-0.25, -0.2) is 4.39 Å². The number of halogens is 2. The highest BCUT2D eigenvalue weighted by Gasteiger charge is 2.12. The molecule has 0 bridgehead atoms. The first-order valence-corrected chi connectivity index (χ1v) is 4.70. The minimum atomic E-state index is -0.344. The Morgan fingerprint density at radius 2 is 1.80 bits per heavy atom. The van der Waals surface area contributed by atoms with E-state index in [2.05, 4.69) is 0 Å². The van der Waals surface area contributed by atoms with Gasteiger partial charge in [-0.3, -0.25) is 0 Å². The Morgan fingerprint density at radius 3 is 2.40 bits per heavy atom. The van der Waals surface area contributed by atoms with Crippen molar-refractivity contribution in [3.8, 4) is 11.3 Å². The number of rotatable bonds is 1. The van der Waals surface area contributed by atoms with E-state index in [9.17, 15) is 9.60 Å². The normalized spacial score (nSPS) is 10.3. The van der Waals surface area contributed by atoms with Gasteiger partial charge in [-0.15, -0.1) is 0 Å². The SMILES string of the molecule is [O-][n+]1cccc(Cl)c1-c1ccc(F)cc1. The molecule has 0 saturated heterocycles. The molecule has 0 aliphatic rings. The van der Waals surface area contributed by atoms with E-state index in [0.717, 1.165) is 0 Å². The molecule has 0 atom stereocenters. The van der Waals surface area contributed by atoms with Crippen LogP contribution in [0.4, 0.5) is 4.39 Å². The predicted molar refractivity (Wildman–Crippen MR) is 55.8 cm³/mol. The van der Waals surface area contributed by atoms with Crippen LogP contribution >= 0.6 is 11.6 Å². The van der Waals surface area contributed by atoms with E-state index in [1.165, 1.54) is 30.5 Å². The summed E-state index contributed by atoms with van der Waals surface area (Å²) in [7, 11) is 0. The van der Waals surface area contributed by atoms with Crippen molar-refractivity contribution in [3.05, 3.63) is 58.6 Å². The van der Waals surface area contributed by atoms with Gasteiger partial charge >= 0.3 is 0 Å². The van der Waals surface area contributed by atoms with Gasteiger partial charge in [0.05, 0.1) is 0 Å². The molecule has 15 heavy (non-hydrogen) atoms. The van der Waals surface area contributed by atoms with Crippen LogP contribution in [0, 0.1) is 11.0 Å². The van der Waals surface area contributed by atoms with Crippen LogP contribution in [0.3, 0.4) is 0 Å². The zero-order valence-corrected chi connectivity index (χ0v) is 8.41.